The first kappa shape index (κ1) is 13.0. The Hall–Kier alpha value is -0.410. The molecule has 0 saturated heterocycles. The van der Waals surface area contributed by atoms with E-state index < -0.39 is 0 Å². The lowest BCUT2D eigenvalue weighted by Gasteiger charge is -2.19. The Morgan fingerprint density at radius 1 is 1.35 bits per heavy atom. The summed E-state index contributed by atoms with van der Waals surface area (Å²) < 4.78 is 5.75. The molecule has 2 rings (SSSR count). The van der Waals surface area contributed by atoms with Crippen LogP contribution >= 0.6 is 11.8 Å². The first-order valence-electron chi connectivity index (χ1n) is 6.59. The van der Waals surface area contributed by atoms with Gasteiger partial charge in [-0.2, -0.15) is 11.8 Å². The Bertz CT molecular complexity index is 331. The third-order valence-corrected chi connectivity index (χ3v) is 4.28. The van der Waals surface area contributed by atoms with Gasteiger partial charge in [-0.25, -0.2) is 0 Å². The van der Waals surface area contributed by atoms with Crippen molar-refractivity contribution in [1.82, 2.24) is 5.32 Å². The maximum atomic E-state index is 5.75. The monoisotopic (exact) mass is 253 g/mol. The Morgan fingerprint density at radius 2 is 2.06 bits per heavy atom. The molecule has 1 atom stereocenters. The number of nitrogens with one attached hydrogen (secondary N) is 1. The molecule has 1 N–H and O–H groups in total. The maximum Gasteiger partial charge on any atom is 0.118 e. The number of rotatable bonds is 6. The molecule has 3 heteroatoms. The molecule has 1 aliphatic rings. The summed E-state index contributed by atoms with van der Waals surface area (Å²) in [4.78, 5) is 0. The average molecular weight is 253 g/mol. The quantitative estimate of drug-likeness (QED) is 0.834. The molecule has 1 fully saturated rings. The van der Waals surface area contributed by atoms with Crippen LogP contribution in [0.15, 0.2) is 16.5 Å². The van der Waals surface area contributed by atoms with E-state index >= 15 is 0 Å². The molecule has 1 saturated carbocycles. The van der Waals surface area contributed by atoms with Crippen molar-refractivity contribution < 1.29 is 4.42 Å². The lowest BCUT2D eigenvalue weighted by molar-refractivity contribution is 0.359. The van der Waals surface area contributed by atoms with Gasteiger partial charge in [-0.15, -0.1) is 0 Å². The Kier molecular flexibility index (Phi) is 4.99. The van der Waals surface area contributed by atoms with Gasteiger partial charge in [0.25, 0.3) is 0 Å². The van der Waals surface area contributed by atoms with E-state index in [9.17, 15) is 0 Å². The smallest absolute Gasteiger partial charge is 0.118 e. The molecular formula is C14H23NOS. The van der Waals surface area contributed by atoms with Gasteiger partial charge in [0.2, 0.25) is 0 Å². The lowest BCUT2D eigenvalue weighted by Crippen LogP contribution is -2.31. The first-order chi connectivity index (χ1) is 8.29. The molecule has 1 aliphatic carbocycles. The third-order valence-electron chi connectivity index (χ3n) is 3.71. The van der Waals surface area contributed by atoms with Gasteiger partial charge < -0.3 is 9.73 Å². The number of furan rings is 1. The van der Waals surface area contributed by atoms with Gasteiger partial charge in [-0.05, 0) is 44.1 Å². The molecule has 2 nitrogen and oxygen atoms in total. The molecule has 0 radical (unpaired) electrons. The minimum atomic E-state index is 0.617. The molecule has 0 aliphatic heterocycles. The Labute approximate surface area is 109 Å². The van der Waals surface area contributed by atoms with Crippen LogP contribution in [-0.4, -0.2) is 12.3 Å². The summed E-state index contributed by atoms with van der Waals surface area (Å²) >= 11 is 1.80. The molecule has 0 amide bonds. The van der Waals surface area contributed by atoms with Crippen LogP contribution in [-0.2, 0) is 12.3 Å². The topological polar surface area (TPSA) is 25.2 Å². The SMILES string of the molecule is CSCc1ccc(CN[C@H](C)C2CCCC2)o1. The van der Waals surface area contributed by atoms with Crippen molar-refractivity contribution in [1.29, 1.82) is 0 Å². The van der Waals surface area contributed by atoms with E-state index in [0.29, 0.717) is 6.04 Å². The zero-order valence-electron chi connectivity index (χ0n) is 10.9. The van der Waals surface area contributed by atoms with E-state index in [1.54, 1.807) is 11.8 Å². The highest BCUT2D eigenvalue weighted by Gasteiger charge is 2.21. The number of hydrogen-bond donors (Lipinski definition) is 1. The summed E-state index contributed by atoms with van der Waals surface area (Å²) in [6.07, 6.45) is 7.71. The molecule has 1 heterocycles. The zero-order valence-corrected chi connectivity index (χ0v) is 11.7. The van der Waals surface area contributed by atoms with Crippen LogP contribution in [0.1, 0.15) is 44.1 Å². The van der Waals surface area contributed by atoms with Crippen LogP contribution < -0.4 is 5.32 Å². The average Bonchev–Trinajstić information content (AvgIpc) is 2.97. The summed E-state index contributed by atoms with van der Waals surface area (Å²) in [6, 6.07) is 4.81. The molecule has 0 spiro atoms. The van der Waals surface area contributed by atoms with Gasteiger partial charge in [0.1, 0.15) is 11.5 Å². The van der Waals surface area contributed by atoms with Crippen molar-refractivity contribution in [2.24, 2.45) is 5.92 Å². The van der Waals surface area contributed by atoms with Crippen LogP contribution in [0.5, 0.6) is 0 Å². The van der Waals surface area contributed by atoms with Crippen molar-refractivity contribution in [3.63, 3.8) is 0 Å². The van der Waals surface area contributed by atoms with Crippen LogP contribution in [0, 0.1) is 5.92 Å². The van der Waals surface area contributed by atoms with Crippen LogP contribution in [0.2, 0.25) is 0 Å². The minimum absolute atomic E-state index is 0.617. The normalized spacial score (nSPS) is 18.7. The van der Waals surface area contributed by atoms with Crippen molar-refractivity contribution in [3.8, 4) is 0 Å². The molecule has 17 heavy (non-hydrogen) atoms. The fraction of sp³-hybridized carbons (Fsp3) is 0.714. The molecule has 0 bridgehead atoms. The van der Waals surface area contributed by atoms with Gasteiger partial charge in [-0.1, -0.05) is 12.8 Å². The van der Waals surface area contributed by atoms with Gasteiger partial charge in [0.05, 0.1) is 12.3 Å². The van der Waals surface area contributed by atoms with Gasteiger partial charge in [-0.3, -0.25) is 0 Å². The number of hydrogen-bond acceptors (Lipinski definition) is 3. The van der Waals surface area contributed by atoms with Crippen LogP contribution in [0.4, 0.5) is 0 Å². The van der Waals surface area contributed by atoms with E-state index in [0.717, 1.165) is 29.7 Å². The third kappa shape index (κ3) is 3.78. The molecule has 0 aromatic carbocycles. The molecule has 0 unspecified atom stereocenters. The van der Waals surface area contributed by atoms with Crippen molar-refractivity contribution in [2.45, 2.75) is 50.9 Å². The largest absolute Gasteiger partial charge is 0.464 e. The highest BCUT2D eigenvalue weighted by Crippen LogP contribution is 2.27. The highest BCUT2D eigenvalue weighted by molar-refractivity contribution is 7.97. The van der Waals surface area contributed by atoms with Crippen molar-refractivity contribution >= 4 is 11.8 Å². The zero-order chi connectivity index (χ0) is 12.1. The maximum absolute atomic E-state index is 5.75. The predicted octanol–water partition coefficient (Wildman–Crippen LogP) is 3.81. The van der Waals surface area contributed by atoms with Crippen LogP contribution in [0.25, 0.3) is 0 Å². The van der Waals surface area contributed by atoms with E-state index in [-0.39, 0.29) is 0 Å². The van der Waals surface area contributed by atoms with Gasteiger partial charge in [0, 0.05) is 6.04 Å². The standard InChI is InChI=1S/C14H23NOS/c1-11(12-5-3-4-6-12)15-9-13-7-8-14(16-13)10-17-2/h7-8,11-12,15H,3-6,9-10H2,1-2H3/t11-/m1/s1. The lowest BCUT2D eigenvalue weighted by atomic mass is 10.00. The second-order valence-electron chi connectivity index (χ2n) is 5.02. The van der Waals surface area contributed by atoms with E-state index in [2.05, 4.69) is 30.6 Å². The molecule has 96 valence electrons. The fourth-order valence-corrected chi connectivity index (χ4v) is 3.06. The first-order valence-corrected chi connectivity index (χ1v) is 7.99. The summed E-state index contributed by atoms with van der Waals surface area (Å²) in [6.45, 7) is 3.17. The second kappa shape index (κ2) is 6.50. The highest BCUT2D eigenvalue weighted by atomic mass is 32.2. The predicted molar refractivity (Wildman–Crippen MR) is 74.2 cm³/mol. The van der Waals surface area contributed by atoms with Gasteiger partial charge in [0.15, 0.2) is 0 Å². The van der Waals surface area contributed by atoms with E-state index in [4.69, 9.17) is 4.42 Å². The fourth-order valence-electron chi connectivity index (χ4n) is 2.62. The number of thioether (sulfide) groups is 1. The summed E-state index contributed by atoms with van der Waals surface area (Å²) in [5.74, 6) is 4.00. The summed E-state index contributed by atoms with van der Waals surface area (Å²) in [5.41, 5.74) is 0. The van der Waals surface area contributed by atoms with Crippen molar-refractivity contribution in [3.05, 3.63) is 23.7 Å². The summed E-state index contributed by atoms with van der Waals surface area (Å²) in [5, 5.41) is 3.60. The Balaban J connectivity index is 1.76. The minimum Gasteiger partial charge on any atom is -0.464 e. The molecule has 1 aromatic rings. The van der Waals surface area contributed by atoms with Gasteiger partial charge >= 0.3 is 0 Å². The summed E-state index contributed by atoms with van der Waals surface area (Å²) in [7, 11) is 0. The van der Waals surface area contributed by atoms with E-state index in [1.807, 2.05) is 0 Å². The van der Waals surface area contributed by atoms with Crippen LogP contribution in [0.3, 0.4) is 0 Å². The molecule has 1 aromatic heterocycles. The van der Waals surface area contributed by atoms with E-state index in [1.165, 1.54) is 25.7 Å². The second-order valence-corrected chi connectivity index (χ2v) is 5.88. The Morgan fingerprint density at radius 3 is 2.76 bits per heavy atom. The molecular weight excluding hydrogens is 230 g/mol. The van der Waals surface area contributed by atoms with Crippen molar-refractivity contribution in [2.75, 3.05) is 6.26 Å².